The van der Waals surface area contributed by atoms with Crippen molar-refractivity contribution in [3.8, 4) is 0 Å². The van der Waals surface area contributed by atoms with Gasteiger partial charge < -0.3 is 0 Å². The number of rotatable bonds is 4. The maximum Gasteiger partial charge on any atom is 0.239 e. The third kappa shape index (κ3) is 2.99. The lowest BCUT2D eigenvalue weighted by Gasteiger charge is -2.53. The lowest BCUT2D eigenvalue weighted by molar-refractivity contribution is -0.134. The first kappa shape index (κ1) is 15.7. The zero-order valence-electron chi connectivity index (χ0n) is 11.9. The maximum atomic E-state index is 13.6. The molecule has 2 fully saturated rings. The molecule has 0 bridgehead atoms. The highest BCUT2D eigenvalue weighted by atomic mass is 35.5. The van der Waals surface area contributed by atoms with Gasteiger partial charge in [0.15, 0.2) is 0 Å². The van der Waals surface area contributed by atoms with Gasteiger partial charge in [-0.05, 0) is 43.2 Å². The first-order valence-corrected chi connectivity index (χ1v) is 9.31. The van der Waals surface area contributed by atoms with Crippen LogP contribution >= 0.6 is 11.6 Å². The van der Waals surface area contributed by atoms with Crippen LogP contribution in [0.4, 0.5) is 4.39 Å². The predicted molar refractivity (Wildman–Crippen MR) is 81.2 cm³/mol. The molecule has 0 aliphatic heterocycles. The van der Waals surface area contributed by atoms with E-state index in [2.05, 4.69) is 4.72 Å². The molecule has 2 saturated carbocycles. The lowest BCUT2D eigenvalue weighted by Crippen LogP contribution is -2.50. The fourth-order valence-corrected chi connectivity index (χ4v) is 4.92. The van der Waals surface area contributed by atoms with Crippen molar-refractivity contribution in [2.75, 3.05) is 0 Å². The minimum absolute atomic E-state index is 0.0369. The molecule has 2 aliphatic carbocycles. The van der Waals surface area contributed by atoms with E-state index in [0.717, 1.165) is 31.7 Å². The maximum absolute atomic E-state index is 13.6. The summed E-state index contributed by atoms with van der Waals surface area (Å²) in [7, 11) is -3.95. The average molecular weight is 346 g/mol. The first-order valence-electron chi connectivity index (χ1n) is 7.28. The zero-order chi connectivity index (χ0) is 16.0. The molecule has 0 heterocycles. The quantitative estimate of drug-likeness (QED) is 0.912. The summed E-state index contributed by atoms with van der Waals surface area (Å²) in [5.74, 6) is -2.05. The number of hydrogen-bond donors (Lipinski definition) is 1. The van der Waals surface area contributed by atoms with E-state index in [0.29, 0.717) is 5.41 Å². The van der Waals surface area contributed by atoms with E-state index in [-0.39, 0.29) is 16.5 Å². The molecule has 1 aromatic rings. The standard InChI is InChI=1S/C15H17ClFNO3S/c16-12-3-1-4-13(17)11(12)9-22(20,21)18-14(19)10-7-15(8-10)5-2-6-15/h1,3-4,10H,2,5-9H2,(H,18,19). The minimum atomic E-state index is -3.95. The number of carbonyl (C=O) groups excluding carboxylic acids is 1. The fraction of sp³-hybridized carbons (Fsp3) is 0.533. The SMILES string of the molecule is O=C(NS(=O)(=O)Cc1c(F)cccc1Cl)C1CC2(CCC2)C1. The van der Waals surface area contributed by atoms with Crippen LogP contribution in [-0.4, -0.2) is 14.3 Å². The van der Waals surface area contributed by atoms with E-state index in [1.165, 1.54) is 18.6 Å². The van der Waals surface area contributed by atoms with E-state index in [9.17, 15) is 17.6 Å². The summed E-state index contributed by atoms with van der Waals surface area (Å²) in [6.45, 7) is 0. The Labute approximate surface area is 134 Å². The molecular weight excluding hydrogens is 329 g/mol. The van der Waals surface area contributed by atoms with Crippen LogP contribution in [0.25, 0.3) is 0 Å². The Balaban J connectivity index is 1.63. The summed E-state index contributed by atoms with van der Waals surface area (Å²) in [4.78, 5) is 12.0. The van der Waals surface area contributed by atoms with Gasteiger partial charge in [0.2, 0.25) is 15.9 Å². The third-order valence-corrected chi connectivity index (χ3v) is 6.33. The zero-order valence-corrected chi connectivity index (χ0v) is 13.5. The summed E-state index contributed by atoms with van der Waals surface area (Å²) in [6, 6.07) is 3.97. The van der Waals surface area contributed by atoms with Gasteiger partial charge in [-0.1, -0.05) is 24.1 Å². The fourth-order valence-electron chi connectivity index (χ4n) is 3.39. The van der Waals surface area contributed by atoms with Gasteiger partial charge in [-0.2, -0.15) is 0 Å². The summed E-state index contributed by atoms with van der Waals surface area (Å²) in [5.41, 5.74) is 0.175. The molecule has 0 unspecified atom stereocenters. The van der Waals surface area contributed by atoms with Gasteiger partial charge >= 0.3 is 0 Å². The van der Waals surface area contributed by atoms with E-state index in [1.54, 1.807) is 0 Å². The Morgan fingerprint density at radius 3 is 2.59 bits per heavy atom. The largest absolute Gasteiger partial charge is 0.274 e. The van der Waals surface area contributed by atoms with Crippen molar-refractivity contribution in [1.29, 1.82) is 0 Å². The molecule has 7 heteroatoms. The second kappa shape index (κ2) is 5.49. The average Bonchev–Trinajstić information content (AvgIpc) is 2.30. The molecular formula is C15H17ClFNO3S. The van der Waals surface area contributed by atoms with Crippen LogP contribution in [0.1, 0.15) is 37.7 Å². The molecule has 0 aromatic heterocycles. The third-order valence-electron chi connectivity index (χ3n) is 4.80. The Kier molecular flexibility index (Phi) is 3.93. The molecule has 2 aliphatic rings. The van der Waals surface area contributed by atoms with Gasteiger partial charge in [-0.25, -0.2) is 12.8 Å². The first-order chi connectivity index (χ1) is 10.3. The molecule has 1 amide bonds. The predicted octanol–water partition coefficient (Wildman–Crippen LogP) is 3.01. The number of amides is 1. The van der Waals surface area contributed by atoms with Crippen molar-refractivity contribution in [3.63, 3.8) is 0 Å². The van der Waals surface area contributed by atoms with Crippen molar-refractivity contribution >= 4 is 27.5 Å². The highest BCUT2D eigenvalue weighted by Gasteiger charge is 2.50. The van der Waals surface area contributed by atoms with Gasteiger partial charge in [0, 0.05) is 16.5 Å². The Morgan fingerprint density at radius 2 is 2.05 bits per heavy atom. The van der Waals surface area contributed by atoms with Crippen LogP contribution in [0.2, 0.25) is 5.02 Å². The van der Waals surface area contributed by atoms with E-state index in [4.69, 9.17) is 11.6 Å². The summed E-state index contributed by atoms with van der Waals surface area (Å²) in [5, 5.41) is 0.0369. The van der Waals surface area contributed by atoms with Crippen molar-refractivity contribution in [2.24, 2.45) is 11.3 Å². The second-order valence-corrected chi connectivity index (χ2v) is 8.51. The molecule has 3 rings (SSSR count). The molecule has 0 atom stereocenters. The summed E-state index contributed by atoms with van der Waals surface area (Å²) in [6.07, 6.45) is 4.98. The summed E-state index contributed by atoms with van der Waals surface area (Å²) < 4.78 is 39.8. The Hall–Kier alpha value is -1.14. The number of carbonyl (C=O) groups is 1. The molecule has 1 N–H and O–H groups in total. The molecule has 0 radical (unpaired) electrons. The van der Waals surface area contributed by atoms with E-state index in [1.807, 2.05) is 0 Å². The van der Waals surface area contributed by atoms with Crippen molar-refractivity contribution in [1.82, 2.24) is 4.72 Å². The molecule has 4 nitrogen and oxygen atoms in total. The Bertz CT molecular complexity index is 687. The monoisotopic (exact) mass is 345 g/mol. The molecule has 1 spiro atoms. The number of sulfonamides is 1. The van der Waals surface area contributed by atoms with Crippen molar-refractivity contribution < 1.29 is 17.6 Å². The number of benzene rings is 1. The second-order valence-electron chi connectivity index (χ2n) is 6.38. The smallest absolute Gasteiger partial charge is 0.239 e. The topological polar surface area (TPSA) is 63.2 Å². The summed E-state index contributed by atoms with van der Waals surface area (Å²) >= 11 is 5.82. The molecule has 1 aromatic carbocycles. The van der Waals surface area contributed by atoms with Crippen LogP contribution in [0, 0.1) is 17.2 Å². The highest BCUT2D eigenvalue weighted by molar-refractivity contribution is 7.89. The van der Waals surface area contributed by atoms with Crippen LogP contribution in [0.15, 0.2) is 18.2 Å². The van der Waals surface area contributed by atoms with Crippen LogP contribution in [0.5, 0.6) is 0 Å². The van der Waals surface area contributed by atoms with Gasteiger partial charge in [0.25, 0.3) is 0 Å². The molecule has 0 saturated heterocycles. The van der Waals surface area contributed by atoms with Crippen LogP contribution in [-0.2, 0) is 20.6 Å². The van der Waals surface area contributed by atoms with Crippen LogP contribution in [0.3, 0.4) is 0 Å². The van der Waals surface area contributed by atoms with Crippen LogP contribution < -0.4 is 4.72 Å². The van der Waals surface area contributed by atoms with E-state index < -0.39 is 27.5 Å². The lowest BCUT2D eigenvalue weighted by atomic mass is 9.52. The van der Waals surface area contributed by atoms with Gasteiger partial charge in [-0.3, -0.25) is 9.52 Å². The van der Waals surface area contributed by atoms with Crippen molar-refractivity contribution in [3.05, 3.63) is 34.6 Å². The van der Waals surface area contributed by atoms with Gasteiger partial charge in [-0.15, -0.1) is 0 Å². The van der Waals surface area contributed by atoms with Gasteiger partial charge in [0.05, 0.1) is 5.75 Å². The molecule has 22 heavy (non-hydrogen) atoms. The van der Waals surface area contributed by atoms with Crippen molar-refractivity contribution in [2.45, 2.75) is 37.9 Å². The number of hydrogen-bond acceptors (Lipinski definition) is 3. The Morgan fingerprint density at radius 1 is 1.36 bits per heavy atom. The number of nitrogens with one attached hydrogen (secondary N) is 1. The highest BCUT2D eigenvalue weighted by Crippen LogP contribution is 2.58. The van der Waals surface area contributed by atoms with Gasteiger partial charge in [0.1, 0.15) is 5.82 Å². The van der Waals surface area contributed by atoms with E-state index >= 15 is 0 Å². The normalized spacial score (nSPS) is 20.3. The number of halogens is 2. The minimum Gasteiger partial charge on any atom is -0.274 e. The molecule has 120 valence electrons.